The van der Waals surface area contributed by atoms with Crippen LogP contribution in [0.15, 0.2) is 59.9 Å². The summed E-state index contributed by atoms with van der Waals surface area (Å²) in [5.74, 6) is 5.88. The molecule has 2 aromatic carbocycles. The first-order chi connectivity index (χ1) is 15.7. The third-order valence-corrected chi connectivity index (χ3v) is 7.91. The maximum atomic E-state index is 9.48. The van der Waals surface area contributed by atoms with Crippen LogP contribution in [-0.4, -0.2) is 16.8 Å². The minimum atomic E-state index is 0.282. The summed E-state index contributed by atoms with van der Waals surface area (Å²) in [5.41, 5.74) is 4.08. The molecule has 0 amide bonds. The molecule has 4 aliphatic rings. The molecule has 0 unspecified atom stereocenters. The second-order valence-corrected chi connectivity index (χ2v) is 10.3. The zero-order valence-corrected chi connectivity index (χ0v) is 19.0. The fourth-order valence-electron chi connectivity index (χ4n) is 6.64. The average Bonchev–Trinajstić information content (AvgIpc) is 2.78. The van der Waals surface area contributed by atoms with Crippen molar-refractivity contribution >= 4 is 0 Å². The third kappa shape index (κ3) is 4.88. The summed E-state index contributed by atoms with van der Waals surface area (Å²) < 4.78 is 6.63. The van der Waals surface area contributed by atoms with E-state index in [2.05, 4.69) is 24.3 Å². The van der Waals surface area contributed by atoms with Gasteiger partial charge in [-0.05, 0) is 116 Å². The number of benzene rings is 2. The topological polar surface area (TPSA) is 49.7 Å². The molecule has 4 saturated carbocycles. The Balaban J connectivity index is 1.31. The van der Waals surface area contributed by atoms with Crippen molar-refractivity contribution in [2.75, 3.05) is 6.61 Å². The van der Waals surface area contributed by atoms with Gasteiger partial charge in [0.15, 0.2) is 0 Å². The van der Waals surface area contributed by atoms with Gasteiger partial charge < -0.3 is 14.9 Å². The van der Waals surface area contributed by atoms with E-state index in [0.29, 0.717) is 5.75 Å². The summed E-state index contributed by atoms with van der Waals surface area (Å²) in [6, 6.07) is 16.0. The van der Waals surface area contributed by atoms with E-state index in [-0.39, 0.29) is 6.61 Å². The van der Waals surface area contributed by atoms with Gasteiger partial charge in [-0.25, -0.2) is 0 Å². The molecule has 0 radical (unpaired) electrons. The summed E-state index contributed by atoms with van der Waals surface area (Å²) in [5, 5.41) is 18.7. The minimum Gasteiger partial charge on any atom is -0.508 e. The van der Waals surface area contributed by atoms with Gasteiger partial charge in [-0.2, -0.15) is 0 Å². The molecule has 4 aliphatic carbocycles. The molecule has 0 aliphatic heterocycles. The van der Waals surface area contributed by atoms with E-state index in [1.165, 1.54) is 49.0 Å². The second kappa shape index (κ2) is 9.70. The van der Waals surface area contributed by atoms with Crippen LogP contribution in [-0.2, 0) is 6.42 Å². The molecule has 32 heavy (non-hydrogen) atoms. The maximum absolute atomic E-state index is 9.48. The molecule has 3 nitrogen and oxygen atoms in total. The predicted octanol–water partition coefficient (Wildman–Crippen LogP) is 6.62. The summed E-state index contributed by atoms with van der Waals surface area (Å²) in [4.78, 5) is 0. The van der Waals surface area contributed by atoms with Crippen LogP contribution < -0.4 is 4.74 Å². The molecule has 0 heterocycles. The molecule has 0 atom stereocenters. The fourth-order valence-corrected chi connectivity index (χ4v) is 6.64. The first-order valence-corrected chi connectivity index (χ1v) is 12.6. The van der Waals surface area contributed by atoms with Crippen molar-refractivity contribution < 1.29 is 14.9 Å². The number of aliphatic hydroxyl groups excluding tert-OH is 1. The number of hydrogen-bond donors (Lipinski definition) is 2. The number of hydrogen-bond acceptors (Lipinski definition) is 3. The first-order valence-electron chi connectivity index (χ1n) is 12.6. The van der Waals surface area contributed by atoms with Crippen molar-refractivity contribution in [3.63, 3.8) is 0 Å². The standard InChI is InChI=1S/C29H36O3/c30-13-3-1-2-4-28(29-24-16-22-15-23(18-24)19-25(29)17-22)32-27-11-7-21(8-12-27)14-20-5-9-26(31)10-6-20/h5-12,22-25,30-31H,1-4,13-19H2. The first kappa shape index (κ1) is 21.6. The van der Waals surface area contributed by atoms with E-state index in [1.54, 1.807) is 17.7 Å². The molecule has 4 bridgehead atoms. The van der Waals surface area contributed by atoms with Gasteiger partial charge in [0.05, 0.1) is 0 Å². The maximum Gasteiger partial charge on any atom is 0.126 e. The Morgan fingerprint density at radius 2 is 1.34 bits per heavy atom. The van der Waals surface area contributed by atoms with Crippen LogP contribution in [0, 0.1) is 23.7 Å². The lowest BCUT2D eigenvalue weighted by Gasteiger charge is -2.51. The van der Waals surface area contributed by atoms with Crippen LogP contribution in [0.3, 0.4) is 0 Å². The summed E-state index contributed by atoms with van der Waals surface area (Å²) >= 11 is 0. The van der Waals surface area contributed by atoms with Crippen molar-refractivity contribution in [1.29, 1.82) is 0 Å². The highest BCUT2D eigenvalue weighted by atomic mass is 16.5. The van der Waals surface area contributed by atoms with E-state index in [1.807, 2.05) is 12.1 Å². The molecule has 170 valence electrons. The van der Waals surface area contributed by atoms with Crippen LogP contribution >= 0.6 is 0 Å². The van der Waals surface area contributed by atoms with E-state index in [0.717, 1.165) is 61.5 Å². The molecule has 2 N–H and O–H groups in total. The lowest BCUT2D eigenvalue weighted by Crippen LogP contribution is -2.41. The van der Waals surface area contributed by atoms with Gasteiger partial charge in [0.2, 0.25) is 0 Å². The number of allylic oxidation sites excluding steroid dienone is 2. The zero-order chi connectivity index (χ0) is 21.9. The number of phenols is 1. The number of rotatable bonds is 9. The number of phenolic OH excluding ortho intramolecular Hbond substituents is 1. The highest BCUT2D eigenvalue weighted by molar-refractivity contribution is 5.35. The molecule has 0 spiro atoms. The SMILES string of the molecule is OCCCCCC(Oc1ccc(Cc2ccc(O)cc2)cc1)=C1C2CC3CC(C2)CC1C3. The molecule has 3 heteroatoms. The van der Waals surface area contributed by atoms with Gasteiger partial charge in [0, 0.05) is 13.0 Å². The second-order valence-electron chi connectivity index (χ2n) is 10.3. The lowest BCUT2D eigenvalue weighted by atomic mass is 9.54. The van der Waals surface area contributed by atoms with Gasteiger partial charge >= 0.3 is 0 Å². The van der Waals surface area contributed by atoms with Gasteiger partial charge in [-0.15, -0.1) is 0 Å². The predicted molar refractivity (Wildman–Crippen MR) is 128 cm³/mol. The van der Waals surface area contributed by atoms with Gasteiger partial charge in [0.1, 0.15) is 17.3 Å². The Bertz CT molecular complexity index is 896. The Hall–Kier alpha value is -2.26. The molecule has 6 rings (SSSR count). The molecule has 2 aromatic rings. The molecule has 4 fully saturated rings. The smallest absolute Gasteiger partial charge is 0.126 e. The van der Waals surface area contributed by atoms with Crippen LogP contribution in [0.25, 0.3) is 0 Å². The lowest BCUT2D eigenvalue weighted by molar-refractivity contribution is 0.0640. The van der Waals surface area contributed by atoms with Gasteiger partial charge in [-0.3, -0.25) is 0 Å². The van der Waals surface area contributed by atoms with E-state index >= 15 is 0 Å². The molecule has 0 aromatic heterocycles. The van der Waals surface area contributed by atoms with Crippen molar-refractivity contribution in [2.24, 2.45) is 23.7 Å². The van der Waals surface area contributed by atoms with Crippen molar-refractivity contribution in [3.8, 4) is 11.5 Å². The zero-order valence-electron chi connectivity index (χ0n) is 19.0. The molecular weight excluding hydrogens is 396 g/mol. The monoisotopic (exact) mass is 432 g/mol. The largest absolute Gasteiger partial charge is 0.508 e. The normalized spacial score (nSPS) is 25.8. The van der Waals surface area contributed by atoms with Crippen molar-refractivity contribution in [2.45, 2.75) is 64.2 Å². The van der Waals surface area contributed by atoms with Gasteiger partial charge in [0.25, 0.3) is 0 Å². The van der Waals surface area contributed by atoms with E-state index < -0.39 is 0 Å². The number of ether oxygens (including phenoxy) is 1. The van der Waals surface area contributed by atoms with Crippen LogP contribution in [0.5, 0.6) is 11.5 Å². The number of aliphatic hydroxyl groups is 1. The highest BCUT2D eigenvalue weighted by Crippen LogP contribution is 2.57. The minimum absolute atomic E-state index is 0.282. The van der Waals surface area contributed by atoms with Crippen LogP contribution in [0.4, 0.5) is 0 Å². The van der Waals surface area contributed by atoms with Crippen LogP contribution in [0.1, 0.15) is 68.9 Å². The fraction of sp³-hybridized carbons (Fsp3) is 0.517. The summed E-state index contributed by atoms with van der Waals surface area (Å²) in [6.07, 6.45) is 11.8. The highest BCUT2D eigenvalue weighted by Gasteiger charge is 2.46. The van der Waals surface area contributed by atoms with Crippen molar-refractivity contribution in [3.05, 3.63) is 71.0 Å². The number of unbranched alkanes of at least 4 members (excludes halogenated alkanes) is 2. The van der Waals surface area contributed by atoms with Crippen molar-refractivity contribution in [1.82, 2.24) is 0 Å². The Morgan fingerprint density at radius 3 is 1.94 bits per heavy atom. The molecule has 0 saturated heterocycles. The summed E-state index contributed by atoms with van der Waals surface area (Å²) in [7, 11) is 0. The Labute approximate surface area is 192 Å². The van der Waals surface area contributed by atoms with E-state index in [4.69, 9.17) is 4.74 Å². The van der Waals surface area contributed by atoms with E-state index in [9.17, 15) is 10.2 Å². The average molecular weight is 433 g/mol. The quantitative estimate of drug-likeness (QED) is 0.346. The third-order valence-electron chi connectivity index (χ3n) is 7.91. The molecular formula is C29H36O3. The van der Waals surface area contributed by atoms with Crippen LogP contribution in [0.2, 0.25) is 0 Å². The van der Waals surface area contributed by atoms with Gasteiger partial charge in [-0.1, -0.05) is 30.7 Å². The Kier molecular flexibility index (Phi) is 6.54. The number of aromatic hydroxyl groups is 1. The summed E-state index contributed by atoms with van der Waals surface area (Å²) in [6.45, 7) is 0.282. The Morgan fingerprint density at radius 1 is 0.750 bits per heavy atom.